The van der Waals surface area contributed by atoms with Crippen LogP contribution < -0.4 is 24.8 Å². The molecule has 6 rings (SSSR count). The highest BCUT2D eigenvalue weighted by Gasteiger charge is 2.49. The number of fused-ring (bicyclic) bond motifs is 4. The fraction of sp³-hybridized carbons (Fsp3) is 0.619. The molecule has 2 aromatic carbocycles. The minimum absolute atomic E-state index is 0.00553. The van der Waals surface area contributed by atoms with Crippen LogP contribution in [0.25, 0.3) is 0 Å². The number of methoxy groups -OCH3 is 1. The summed E-state index contributed by atoms with van der Waals surface area (Å²) in [6.07, 6.45) is 2.45. The predicted octanol–water partition coefficient (Wildman–Crippen LogP) is 7.14. The summed E-state index contributed by atoms with van der Waals surface area (Å²) in [6, 6.07) is 4.86. The van der Waals surface area contributed by atoms with Crippen LogP contribution in [-0.4, -0.2) is 113 Å². The molecular formula is C42H62N4O10Si2. The Hall–Kier alpha value is -4.13. The van der Waals surface area contributed by atoms with E-state index in [1.807, 2.05) is 0 Å². The van der Waals surface area contributed by atoms with Gasteiger partial charge in [-0.25, -0.2) is 0 Å². The maximum atomic E-state index is 13.8. The number of nitrogens with one attached hydrogen (secondary N) is 2. The van der Waals surface area contributed by atoms with Crippen molar-refractivity contribution in [1.82, 2.24) is 9.80 Å². The van der Waals surface area contributed by atoms with Gasteiger partial charge in [-0.15, -0.1) is 0 Å². The summed E-state index contributed by atoms with van der Waals surface area (Å²) >= 11 is 0. The van der Waals surface area contributed by atoms with E-state index in [1.54, 1.807) is 21.9 Å². The van der Waals surface area contributed by atoms with Crippen LogP contribution in [-0.2, 0) is 18.4 Å². The topological polar surface area (TPSA) is 165 Å². The second-order valence-electron chi connectivity index (χ2n) is 19.1. The molecule has 318 valence electrons. The van der Waals surface area contributed by atoms with Crippen molar-refractivity contribution in [3.8, 4) is 23.0 Å². The summed E-state index contributed by atoms with van der Waals surface area (Å²) in [6.45, 7) is 22.9. The summed E-state index contributed by atoms with van der Waals surface area (Å²) in [5.74, 6) is -0.321. The SMILES string of the molecule is COc1cc2c(cc1OCCCCCOc1cc3c(cc1O)C(=O)N1CC(O[Si](C)(C)C(C)(C)C)C[C@H]1C(=O)N3)NC(=O)[C@@H]1CC(O[Si](C)(C)C(C)(C)C)CN1C2=O. The molecule has 3 N–H and O–H groups in total. The van der Waals surface area contributed by atoms with Crippen LogP contribution in [0.15, 0.2) is 24.3 Å². The van der Waals surface area contributed by atoms with Gasteiger partial charge in [-0.1, -0.05) is 41.5 Å². The van der Waals surface area contributed by atoms with Gasteiger partial charge in [0.1, 0.15) is 12.1 Å². The summed E-state index contributed by atoms with van der Waals surface area (Å²) in [5.41, 5.74) is 1.24. The lowest BCUT2D eigenvalue weighted by molar-refractivity contribution is -0.120. The summed E-state index contributed by atoms with van der Waals surface area (Å²) in [7, 11) is -2.70. The van der Waals surface area contributed by atoms with E-state index >= 15 is 0 Å². The fourth-order valence-electron chi connectivity index (χ4n) is 7.46. The number of ether oxygens (including phenoxy) is 3. The van der Waals surface area contributed by atoms with E-state index in [0.29, 0.717) is 73.8 Å². The van der Waals surface area contributed by atoms with Crippen LogP contribution >= 0.6 is 0 Å². The van der Waals surface area contributed by atoms with Crippen molar-refractivity contribution in [3.63, 3.8) is 0 Å². The van der Waals surface area contributed by atoms with E-state index in [0.717, 1.165) is 6.42 Å². The predicted molar refractivity (Wildman–Crippen MR) is 226 cm³/mol. The van der Waals surface area contributed by atoms with E-state index in [1.165, 1.54) is 19.2 Å². The molecule has 4 aliphatic rings. The zero-order valence-electron chi connectivity index (χ0n) is 36.0. The van der Waals surface area contributed by atoms with Crippen molar-refractivity contribution in [3.05, 3.63) is 35.4 Å². The number of aromatic hydroxyl groups is 1. The number of hydrogen-bond acceptors (Lipinski definition) is 10. The van der Waals surface area contributed by atoms with Crippen molar-refractivity contribution in [2.75, 3.05) is 44.0 Å². The number of nitrogens with zero attached hydrogens (tertiary/aromatic N) is 2. The van der Waals surface area contributed by atoms with E-state index in [2.05, 4.69) is 78.4 Å². The third-order valence-corrected chi connectivity index (χ3v) is 21.9. The van der Waals surface area contributed by atoms with Crippen LogP contribution in [0.3, 0.4) is 0 Å². The second kappa shape index (κ2) is 16.1. The number of carbonyl (C=O) groups excluding carboxylic acids is 4. The number of anilines is 2. The second-order valence-corrected chi connectivity index (χ2v) is 28.6. The first-order valence-electron chi connectivity index (χ1n) is 20.5. The quantitative estimate of drug-likeness (QED) is 0.107. The maximum Gasteiger partial charge on any atom is 0.256 e. The zero-order chi connectivity index (χ0) is 42.5. The van der Waals surface area contributed by atoms with Crippen molar-refractivity contribution < 1.29 is 47.3 Å². The van der Waals surface area contributed by atoms with E-state index in [-0.39, 0.29) is 69.6 Å². The van der Waals surface area contributed by atoms with Gasteiger partial charge in [0.25, 0.3) is 11.8 Å². The number of phenolic OH excluding ortho intramolecular Hbond substituents is 1. The molecule has 4 amide bonds. The number of benzene rings is 2. The third-order valence-electron chi connectivity index (χ3n) is 12.9. The lowest BCUT2D eigenvalue weighted by atomic mass is 10.1. The Kier molecular flexibility index (Phi) is 12.1. The molecule has 16 heteroatoms. The third kappa shape index (κ3) is 8.75. The maximum absolute atomic E-state index is 13.8. The molecule has 2 fully saturated rings. The molecule has 0 aromatic heterocycles. The molecular weight excluding hydrogens is 777 g/mol. The molecule has 0 radical (unpaired) electrons. The number of carbonyl (C=O) groups is 4. The Labute approximate surface area is 344 Å². The molecule has 0 spiro atoms. The van der Waals surface area contributed by atoms with Gasteiger partial charge >= 0.3 is 0 Å². The Morgan fingerprint density at radius 3 is 1.53 bits per heavy atom. The highest BCUT2D eigenvalue weighted by molar-refractivity contribution is 6.74. The standard InChI is InChI=1S/C42H62N4O10Si2/c1-41(2,3)57(8,9)55-25-17-31-37(48)43-29-21-34(33(47)19-27(29)39(50)45(31)23-25)53-15-13-12-14-16-54-36-22-30-28(20-35(36)52-7)40(51)46-24-26(18-32(46)38(49)44-30)56-58(10,11)42(4,5)6/h19-22,25-26,31-32,47H,12-18,23-24H2,1-11H3,(H,43,48)(H,44,49)/t25?,26?,31-,32-/m0/s1. The molecule has 4 heterocycles. The Morgan fingerprint density at radius 1 is 0.655 bits per heavy atom. The lowest BCUT2D eigenvalue weighted by Gasteiger charge is -2.38. The molecule has 58 heavy (non-hydrogen) atoms. The first kappa shape index (κ1) is 43.5. The highest BCUT2D eigenvalue weighted by atomic mass is 28.4. The summed E-state index contributed by atoms with van der Waals surface area (Å²) in [4.78, 5) is 57.4. The first-order chi connectivity index (χ1) is 27.0. The van der Waals surface area contributed by atoms with Crippen LogP contribution in [0.2, 0.25) is 36.3 Å². The van der Waals surface area contributed by atoms with E-state index in [9.17, 15) is 24.3 Å². The summed E-state index contributed by atoms with van der Waals surface area (Å²) < 4.78 is 30.7. The normalized spacial score (nSPS) is 22.3. The van der Waals surface area contributed by atoms with Gasteiger partial charge < -0.3 is 48.6 Å². The van der Waals surface area contributed by atoms with Gasteiger partial charge in [0.15, 0.2) is 39.6 Å². The minimum atomic E-state index is -2.11. The van der Waals surface area contributed by atoms with Gasteiger partial charge in [-0.2, -0.15) is 0 Å². The molecule has 2 saturated heterocycles. The van der Waals surface area contributed by atoms with Gasteiger partial charge in [0.2, 0.25) is 11.8 Å². The van der Waals surface area contributed by atoms with Crippen LogP contribution in [0.5, 0.6) is 23.0 Å². The highest BCUT2D eigenvalue weighted by Crippen LogP contribution is 2.43. The van der Waals surface area contributed by atoms with Gasteiger partial charge in [0.05, 0.1) is 55.0 Å². The van der Waals surface area contributed by atoms with E-state index < -0.39 is 28.7 Å². The van der Waals surface area contributed by atoms with Crippen molar-refractivity contribution in [2.24, 2.45) is 0 Å². The Bertz CT molecular complexity index is 1940. The number of unbranched alkanes of at least 4 members (excludes halogenated alkanes) is 2. The smallest absolute Gasteiger partial charge is 0.256 e. The Balaban J connectivity index is 1.000. The number of hydrogen-bond donors (Lipinski definition) is 3. The minimum Gasteiger partial charge on any atom is -0.504 e. The summed E-state index contributed by atoms with van der Waals surface area (Å²) in [5, 5.41) is 16.7. The molecule has 2 aromatic rings. The molecule has 14 nitrogen and oxygen atoms in total. The lowest BCUT2D eigenvalue weighted by Crippen LogP contribution is -2.44. The van der Waals surface area contributed by atoms with Crippen LogP contribution in [0, 0.1) is 0 Å². The van der Waals surface area contributed by atoms with E-state index in [4.69, 9.17) is 23.1 Å². The number of phenols is 1. The monoisotopic (exact) mass is 838 g/mol. The largest absolute Gasteiger partial charge is 0.504 e. The molecule has 4 aliphatic heterocycles. The molecule has 4 atom stereocenters. The van der Waals surface area contributed by atoms with Gasteiger partial charge in [-0.05, 0) is 67.7 Å². The van der Waals surface area contributed by atoms with Gasteiger partial charge in [-0.3, -0.25) is 19.2 Å². The number of amides is 4. The average molecular weight is 839 g/mol. The van der Waals surface area contributed by atoms with Crippen molar-refractivity contribution in [1.29, 1.82) is 0 Å². The Morgan fingerprint density at radius 2 is 1.09 bits per heavy atom. The number of rotatable bonds is 13. The van der Waals surface area contributed by atoms with Gasteiger partial charge in [0, 0.05) is 38.1 Å². The fourth-order valence-corrected chi connectivity index (χ4v) is 10.2. The molecule has 2 unspecified atom stereocenters. The zero-order valence-corrected chi connectivity index (χ0v) is 38.0. The average Bonchev–Trinajstić information content (AvgIpc) is 3.70. The molecule has 0 aliphatic carbocycles. The van der Waals surface area contributed by atoms with Crippen LogP contribution in [0.4, 0.5) is 11.4 Å². The van der Waals surface area contributed by atoms with Crippen molar-refractivity contribution >= 4 is 51.6 Å². The molecule has 0 bridgehead atoms. The first-order valence-corrected chi connectivity index (χ1v) is 26.3. The van der Waals surface area contributed by atoms with Crippen LogP contribution in [0.1, 0.15) is 94.4 Å². The molecule has 0 saturated carbocycles. The van der Waals surface area contributed by atoms with Crippen molar-refractivity contribution in [2.45, 2.75) is 134 Å².